The number of methoxy groups -OCH3 is 1. The summed E-state index contributed by atoms with van der Waals surface area (Å²) in [6, 6.07) is 8.92. The molecule has 0 N–H and O–H groups in total. The molecule has 1 saturated heterocycles. The van der Waals surface area contributed by atoms with Crippen LogP contribution in [-0.4, -0.2) is 41.7 Å². The number of aryl methyl sites for hydroxylation is 1. The molecule has 1 aromatic carbocycles. The zero-order chi connectivity index (χ0) is 15.0. The highest BCUT2D eigenvalue weighted by Gasteiger charge is 2.28. The number of likely N-dealkylation sites (tertiary alicyclic amines) is 1. The molecule has 1 aliphatic heterocycles. The molecule has 0 unspecified atom stereocenters. The van der Waals surface area contributed by atoms with Gasteiger partial charge in [-0.1, -0.05) is 18.2 Å². The summed E-state index contributed by atoms with van der Waals surface area (Å²) >= 11 is 0. The van der Waals surface area contributed by atoms with Crippen LogP contribution in [0.25, 0.3) is 10.9 Å². The molecular formula is C16H18N2O3. The van der Waals surface area contributed by atoms with Gasteiger partial charge < -0.3 is 14.2 Å². The molecule has 0 spiro atoms. The number of ether oxygens (including phenoxy) is 1. The van der Waals surface area contributed by atoms with E-state index in [1.54, 1.807) is 23.6 Å². The van der Waals surface area contributed by atoms with E-state index in [9.17, 15) is 9.59 Å². The number of fused-ring (bicyclic) bond motifs is 1. The molecule has 1 atom stereocenters. The second-order valence-electron chi connectivity index (χ2n) is 5.37. The first-order chi connectivity index (χ1) is 10.1. The highest BCUT2D eigenvalue weighted by Crippen LogP contribution is 2.21. The number of benzene rings is 1. The Bertz CT molecular complexity index is 751. The third-order valence-electron chi connectivity index (χ3n) is 4.15. The van der Waals surface area contributed by atoms with Gasteiger partial charge in [-0.3, -0.25) is 9.59 Å². The monoisotopic (exact) mass is 286 g/mol. The standard InChI is InChI=1S/C16H18N2O3/c1-17-14-6-4-3-5-12(14)13(9-15(17)19)16(20)18-8-7-11(10-18)21-2/h3-6,9,11H,7-8,10H2,1-2H3/t11-/m1/s1. The maximum Gasteiger partial charge on any atom is 0.254 e. The molecule has 1 aliphatic rings. The second kappa shape index (κ2) is 5.33. The first kappa shape index (κ1) is 13.8. The molecule has 5 nitrogen and oxygen atoms in total. The van der Waals surface area contributed by atoms with Crippen LogP contribution in [-0.2, 0) is 11.8 Å². The largest absolute Gasteiger partial charge is 0.380 e. The predicted octanol–water partition coefficient (Wildman–Crippen LogP) is 1.40. The number of carbonyl (C=O) groups is 1. The van der Waals surface area contributed by atoms with Crippen molar-refractivity contribution in [2.75, 3.05) is 20.2 Å². The molecule has 1 aromatic heterocycles. The molecule has 2 aromatic rings. The van der Waals surface area contributed by atoms with E-state index in [0.29, 0.717) is 18.7 Å². The van der Waals surface area contributed by atoms with Crippen molar-refractivity contribution >= 4 is 16.8 Å². The minimum atomic E-state index is -0.167. The van der Waals surface area contributed by atoms with Crippen LogP contribution in [0.3, 0.4) is 0 Å². The highest BCUT2D eigenvalue weighted by atomic mass is 16.5. The number of hydrogen-bond acceptors (Lipinski definition) is 3. The molecule has 3 rings (SSSR count). The molecular weight excluding hydrogens is 268 g/mol. The zero-order valence-electron chi connectivity index (χ0n) is 12.2. The molecule has 1 amide bonds. The fourth-order valence-corrected chi connectivity index (χ4v) is 2.86. The van der Waals surface area contributed by atoms with Gasteiger partial charge in [-0.25, -0.2) is 0 Å². The number of rotatable bonds is 2. The van der Waals surface area contributed by atoms with Gasteiger partial charge in [-0.05, 0) is 12.5 Å². The van der Waals surface area contributed by atoms with Gasteiger partial charge in [0.15, 0.2) is 0 Å². The van der Waals surface area contributed by atoms with E-state index in [1.807, 2.05) is 24.3 Å². The SMILES string of the molecule is CO[C@@H]1CCN(C(=O)c2cc(=O)n(C)c3ccccc23)C1. The predicted molar refractivity (Wildman–Crippen MR) is 80.5 cm³/mol. The van der Waals surface area contributed by atoms with E-state index in [0.717, 1.165) is 17.3 Å². The first-order valence-electron chi connectivity index (χ1n) is 7.02. The van der Waals surface area contributed by atoms with E-state index < -0.39 is 0 Å². The van der Waals surface area contributed by atoms with Crippen molar-refractivity contribution in [3.63, 3.8) is 0 Å². The van der Waals surface area contributed by atoms with Crippen molar-refractivity contribution in [1.82, 2.24) is 9.47 Å². The van der Waals surface area contributed by atoms with Gasteiger partial charge >= 0.3 is 0 Å². The Morgan fingerprint density at radius 3 is 2.81 bits per heavy atom. The van der Waals surface area contributed by atoms with Crippen LogP contribution in [0.1, 0.15) is 16.8 Å². The van der Waals surface area contributed by atoms with Crippen LogP contribution in [0.2, 0.25) is 0 Å². The van der Waals surface area contributed by atoms with Gasteiger partial charge in [0.25, 0.3) is 11.5 Å². The van der Waals surface area contributed by atoms with Gasteiger partial charge in [0.2, 0.25) is 0 Å². The number of nitrogens with zero attached hydrogens (tertiary/aromatic N) is 2. The van der Waals surface area contributed by atoms with Crippen molar-refractivity contribution in [1.29, 1.82) is 0 Å². The quantitative estimate of drug-likeness (QED) is 0.838. The first-order valence-corrected chi connectivity index (χ1v) is 7.02. The number of carbonyl (C=O) groups excluding carboxylic acids is 1. The summed E-state index contributed by atoms with van der Waals surface area (Å²) in [5.41, 5.74) is 1.08. The summed E-state index contributed by atoms with van der Waals surface area (Å²) in [6.45, 7) is 1.25. The highest BCUT2D eigenvalue weighted by molar-refractivity contribution is 6.06. The summed E-state index contributed by atoms with van der Waals surface area (Å²) in [6.07, 6.45) is 0.928. The average molecular weight is 286 g/mol. The molecule has 0 saturated carbocycles. The fourth-order valence-electron chi connectivity index (χ4n) is 2.86. The Kier molecular flexibility index (Phi) is 3.51. The fraction of sp³-hybridized carbons (Fsp3) is 0.375. The van der Waals surface area contributed by atoms with E-state index in [-0.39, 0.29) is 17.6 Å². The Labute approximate surface area is 122 Å². The van der Waals surface area contributed by atoms with Gasteiger partial charge in [0.05, 0.1) is 17.2 Å². The lowest BCUT2D eigenvalue weighted by Crippen LogP contribution is -2.31. The molecule has 0 bridgehead atoms. The summed E-state index contributed by atoms with van der Waals surface area (Å²) in [5, 5.41) is 0.811. The molecule has 110 valence electrons. The molecule has 0 aliphatic carbocycles. The van der Waals surface area contributed by atoms with E-state index in [1.165, 1.54) is 6.07 Å². The normalized spacial score (nSPS) is 18.4. The Morgan fingerprint density at radius 1 is 1.33 bits per heavy atom. The minimum absolute atomic E-state index is 0.0896. The summed E-state index contributed by atoms with van der Waals surface area (Å²) in [4.78, 5) is 26.5. The Balaban J connectivity index is 2.07. The minimum Gasteiger partial charge on any atom is -0.380 e. The lowest BCUT2D eigenvalue weighted by molar-refractivity contribution is 0.0725. The van der Waals surface area contributed by atoms with Crippen molar-refractivity contribution in [2.45, 2.75) is 12.5 Å². The number of amides is 1. The van der Waals surface area contributed by atoms with Crippen LogP contribution in [0, 0.1) is 0 Å². The Morgan fingerprint density at radius 2 is 2.10 bits per heavy atom. The van der Waals surface area contributed by atoms with Gasteiger partial charge in [0, 0.05) is 38.7 Å². The number of para-hydroxylation sites is 1. The van der Waals surface area contributed by atoms with Gasteiger partial charge in [-0.15, -0.1) is 0 Å². The number of pyridine rings is 1. The average Bonchev–Trinajstić information content (AvgIpc) is 2.99. The molecule has 1 fully saturated rings. The number of hydrogen-bond donors (Lipinski definition) is 0. The number of aromatic nitrogens is 1. The summed E-state index contributed by atoms with van der Waals surface area (Å²) in [5.74, 6) is -0.0940. The topological polar surface area (TPSA) is 51.5 Å². The van der Waals surface area contributed by atoms with Crippen LogP contribution in [0.5, 0.6) is 0 Å². The van der Waals surface area contributed by atoms with Crippen LogP contribution >= 0.6 is 0 Å². The van der Waals surface area contributed by atoms with Crippen molar-refractivity contribution in [3.8, 4) is 0 Å². The maximum absolute atomic E-state index is 12.7. The van der Waals surface area contributed by atoms with Crippen molar-refractivity contribution in [2.24, 2.45) is 7.05 Å². The van der Waals surface area contributed by atoms with Gasteiger partial charge in [-0.2, -0.15) is 0 Å². The van der Waals surface area contributed by atoms with Gasteiger partial charge in [0.1, 0.15) is 0 Å². The van der Waals surface area contributed by atoms with Crippen LogP contribution in [0.4, 0.5) is 0 Å². The van der Waals surface area contributed by atoms with Crippen LogP contribution < -0.4 is 5.56 Å². The summed E-state index contributed by atoms with van der Waals surface area (Å²) in [7, 11) is 3.38. The van der Waals surface area contributed by atoms with Crippen molar-refractivity contribution < 1.29 is 9.53 Å². The third-order valence-corrected chi connectivity index (χ3v) is 4.15. The van der Waals surface area contributed by atoms with E-state index >= 15 is 0 Å². The maximum atomic E-state index is 12.7. The molecule has 21 heavy (non-hydrogen) atoms. The second-order valence-corrected chi connectivity index (χ2v) is 5.37. The molecule has 5 heteroatoms. The molecule has 2 heterocycles. The molecule has 0 radical (unpaired) electrons. The van der Waals surface area contributed by atoms with Crippen molar-refractivity contribution in [3.05, 3.63) is 46.2 Å². The van der Waals surface area contributed by atoms with E-state index in [2.05, 4.69) is 0 Å². The van der Waals surface area contributed by atoms with Crippen LogP contribution in [0.15, 0.2) is 35.1 Å². The lowest BCUT2D eigenvalue weighted by atomic mass is 10.1. The smallest absolute Gasteiger partial charge is 0.254 e. The Hall–Kier alpha value is -2.14. The van der Waals surface area contributed by atoms with E-state index in [4.69, 9.17) is 4.74 Å². The zero-order valence-corrected chi connectivity index (χ0v) is 12.2. The summed E-state index contributed by atoms with van der Waals surface area (Å²) < 4.78 is 6.86. The lowest BCUT2D eigenvalue weighted by Gasteiger charge is -2.18. The third kappa shape index (κ3) is 2.34.